The average Bonchev–Trinajstić information content (AvgIpc) is 3.08. The Balaban J connectivity index is 1.85. The second kappa shape index (κ2) is 8.67. The molecule has 2 unspecified atom stereocenters. The number of carbonyl (C=O) groups is 1. The molecule has 3 N–H and O–H groups in total. The molecule has 0 saturated carbocycles. The number of ether oxygens (including phenoxy) is 1. The molecule has 1 aromatic carbocycles. The molecule has 0 saturated heterocycles. The van der Waals surface area contributed by atoms with Gasteiger partial charge in [0.25, 0.3) is 5.19 Å². The van der Waals surface area contributed by atoms with E-state index in [2.05, 4.69) is 17.2 Å². The van der Waals surface area contributed by atoms with E-state index in [1.165, 1.54) is 17.6 Å². The van der Waals surface area contributed by atoms with Gasteiger partial charge in [-0.15, -0.1) is 0 Å². The van der Waals surface area contributed by atoms with Crippen LogP contribution in [0, 0.1) is 5.41 Å². The van der Waals surface area contributed by atoms with E-state index in [9.17, 15) is 9.90 Å². The fraction of sp³-hybridized carbons (Fsp3) is 0.381. The van der Waals surface area contributed by atoms with Crippen molar-refractivity contribution in [1.82, 2.24) is 10.3 Å². The molecule has 7 heteroatoms. The van der Waals surface area contributed by atoms with E-state index < -0.39 is 6.10 Å². The summed E-state index contributed by atoms with van der Waals surface area (Å²) < 4.78 is 5.27. The quantitative estimate of drug-likeness (QED) is 0.644. The van der Waals surface area contributed by atoms with Crippen molar-refractivity contribution in [1.29, 1.82) is 5.41 Å². The van der Waals surface area contributed by atoms with Gasteiger partial charge in [0.15, 0.2) is 0 Å². The largest absolute Gasteiger partial charge is 0.473 e. The van der Waals surface area contributed by atoms with Crippen LogP contribution in [0.3, 0.4) is 0 Å². The van der Waals surface area contributed by atoms with E-state index in [1.54, 1.807) is 14.0 Å². The van der Waals surface area contributed by atoms with Crippen LogP contribution in [0.25, 0.3) is 5.57 Å². The molecule has 1 amide bonds. The molecule has 148 valence electrons. The Labute approximate surface area is 168 Å². The Kier molecular flexibility index (Phi) is 6.26. The van der Waals surface area contributed by atoms with Crippen molar-refractivity contribution in [2.45, 2.75) is 45.3 Å². The lowest BCUT2D eigenvalue weighted by Crippen LogP contribution is -2.25. The van der Waals surface area contributed by atoms with Gasteiger partial charge in [0.2, 0.25) is 5.91 Å². The highest BCUT2D eigenvalue weighted by atomic mass is 32.1. The van der Waals surface area contributed by atoms with Crippen molar-refractivity contribution in [3.63, 3.8) is 0 Å². The Morgan fingerprint density at radius 2 is 2.32 bits per heavy atom. The third-order valence-corrected chi connectivity index (χ3v) is 6.04. The van der Waals surface area contributed by atoms with Crippen LogP contribution >= 0.6 is 11.3 Å². The molecule has 0 bridgehead atoms. The minimum absolute atomic E-state index is 0.173. The lowest BCUT2D eigenvalue weighted by molar-refractivity contribution is -0.117. The molecule has 6 nitrogen and oxygen atoms in total. The van der Waals surface area contributed by atoms with Crippen molar-refractivity contribution in [3.8, 4) is 5.19 Å². The molecule has 1 aliphatic rings. The van der Waals surface area contributed by atoms with Gasteiger partial charge in [-0.05, 0) is 30.9 Å². The summed E-state index contributed by atoms with van der Waals surface area (Å²) in [5.74, 6) is 0.0199. The Morgan fingerprint density at radius 3 is 3.00 bits per heavy atom. The fourth-order valence-electron chi connectivity index (χ4n) is 3.34. The standard InChI is InChI=1S/C21H25N3O3S/c1-12-7-8-16(17(10-22)19-18(12)24-21(27-3)28-19)20(26)23-11-14-5-4-6-15(9-14)13(2)25/h4-6,9-10,12-13,22,25H,7-8,11H2,1-3H3,(H,23,26). The first-order chi connectivity index (χ1) is 13.4. The molecule has 0 spiro atoms. The van der Waals surface area contributed by atoms with Gasteiger partial charge in [-0.25, -0.2) is 4.98 Å². The number of thiazole rings is 1. The second-order valence-corrected chi connectivity index (χ2v) is 7.94. The molecule has 1 aliphatic carbocycles. The lowest BCUT2D eigenvalue weighted by atomic mass is 10.0. The maximum absolute atomic E-state index is 12.9. The maximum Gasteiger partial charge on any atom is 0.273 e. The third kappa shape index (κ3) is 4.15. The van der Waals surface area contributed by atoms with E-state index in [-0.39, 0.29) is 11.8 Å². The van der Waals surface area contributed by atoms with Gasteiger partial charge in [-0.1, -0.05) is 42.5 Å². The first-order valence-electron chi connectivity index (χ1n) is 9.28. The van der Waals surface area contributed by atoms with Crippen LogP contribution in [-0.4, -0.2) is 29.3 Å². The first kappa shape index (κ1) is 20.2. The number of rotatable bonds is 6. The van der Waals surface area contributed by atoms with Crippen LogP contribution in [-0.2, 0) is 11.3 Å². The zero-order valence-electron chi connectivity index (χ0n) is 16.3. The van der Waals surface area contributed by atoms with E-state index in [4.69, 9.17) is 10.1 Å². The number of allylic oxidation sites excluding steroid dienone is 1. The topological polar surface area (TPSA) is 95.3 Å². The maximum atomic E-state index is 12.9. The number of aromatic nitrogens is 1. The van der Waals surface area contributed by atoms with E-state index in [0.717, 1.165) is 28.1 Å². The monoisotopic (exact) mass is 399 g/mol. The molecule has 0 radical (unpaired) electrons. The molecule has 0 aliphatic heterocycles. The summed E-state index contributed by atoms with van der Waals surface area (Å²) >= 11 is 1.38. The number of nitrogens with one attached hydrogen (secondary N) is 2. The van der Waals surface area contributed by atoms with Gasteiger partial charge in [0.1, 0.15) is 0 Å². The van der Waals surface area contributed by atoms with Crippen molar-refractivity contribution in [3.05, 3.63) is 51.5 Å². The molecule has 0 fully saturated rings. The summed E-state index contributed by atoms with van der Waals surface area (Å²) in [5.41, 5.74) is 3.86. The van der Waals surface area contributed by atoms with Crippen molar-refractivity contribution in [2.75, 3.05) is 7.11 Å². The predicted molar refractivity (Wildman–Crippen MR) is 111 cm³/mol. The average molecular weight is 400 g/mol. The van der Waals surface area contributed by atoms with Gasteiger partial charge < -0.3 is 20.6 Å². The molecule has 1 heterocycles. The summed E-state index contributed by atoms with van der Waals surface area (Å²) in [5, 5.41) is 21.1. The number of methoxy groups -OCH3 is 1. The van der Waals surface area contributed by atoms with Crippen LogP contribution in [0.2, 0.25) is 0 Å². The molecule has 2 aromatic rings. The number of hydrogen-bond acceptors (Lipinski definition) is 6. The summed E-state index contributed by atoms with van der Waals surface area (Å²) in [7, 11) is 1.58. The normalized spacial score (nSPS) is 17.5. The van der Waals surface area contributed by atoms with Gasteiger partial charge >= 0.3 is 0 Å². The SMILES string of the molecule is COc1nc2c(s1)C(C=N)=C(C(=O)NCc1cccc(C(C)O)c1)CCC2C. The summed E-state index contributed by atoms with van der Waals surface area (Å²) in [4.78, 5) is 18.3. The number of amides is 1. The van der Waals surface area contributed by atoms with Crippen LogP contribution in [0.5, 0.6) is 5.19 Å². The number of benzene rings is 1. The van der Waals surface area contributed by atoms with Gasteiger partial charge in [0.05, 0.1) is 23.8 Å². The van der Waals surface area contributed by atoms with E-state index >= 15 is 0 Å². The highest BCUT2D eigenvalue weighted by molar-refractivity contribution is 7.15. The van der Waals surface area contributed by atoms with Crippen LogP contribution in [0.4, 0.5) is 0 Å². The molecule has 3 rings (SSSR count). The van der Waals surface area contributed by atoms with E-state index in [1.807, 2.05) is 24.3 Å². The minimum atomic E-state index is -0.550. The number of aliphatic hydroxyl groups is 1. The van der Waals surface area contributed by atoms with E-state index in [0.29, 0.717) is 29.3 Å². The summed E-state index contributed by atoms with van der Waals surface area (Å²) in [6, 6.07) is 7.53. The minimum Gasteiger partial charge on any atom is -0.473 e. The van der Waals surface area contributed by atoms with Crippen LogP contribution in [0.15, 0.2) is 29.8 Å². The highest BCUT2D eigenvalue weighted by Crippen LogP contribution is 2.41. The van der Waals surface area contributed by atoms with Crippen molar-refractivity contribution in [2.24, 2.45) is 0 Å². The molecular formula is C21H25N3O3S. The summed E-state index contributed by atoms with van der Waals surface area (Å²) in [6.45, 7) is 4.16. The number of hydrogen-bond donors (Lipinski definition) is 3. The van der Waals surface area contributed by atoms with Crippen molar-refractivity contribution >= 4 is 29.0 Å². The lowest BCUT2D eigenvalue weighted by Gasteiger charge is -2.12. The Hall–Kier alpha value is -2.51. The zero-order valence-corrected chi connectivity index (χ0v) is 17.1. The predicted octanol–water partition coefficient (Wildman–Crippen LogP) is 3.82. The van der Waals surface area contributed by atoms with Crippen LogP contribution < -0.4 is 10.1 Å². The van der Waals surface area contributed by atoms with Gasteiger partial charge in [0, 0.05) is 29.8 Å². The van der Waals surface area contributed by atoms with Gasteiger partial charge in [-0.3, -0.25) is 4.79 Å². The van der Waals surface area contributed by atoms with Crippen LogP contribution in [0.1, 0.15) is 60.4 Å². The fourth-order valence-corrected chi connectivity index (χ4v) is 4.38. The first-order valence-corrected chi connectivity index (χ1v) is 10.1. The zero-order chi connectivity index (χ0) is 20.3. The highest BCUT2D eigenvalue weighted by Gasteiger charge is 2.28. The van der Waals surface area contributed by atoms with Crippen molar-refractivity contribution < 1.29 is 14.6 Å². The third-order valence-electron chi connectivity index (χ3n) is 4.98. The number of fused-ring (bicyclic) bond motifs is 1. The molecule has 28 heavy (non-hydrogen) atoms. The molecule has 1 aromatic heterocycles. The summed E-state index contributed by atoms with van der Waals surface area (Å²) in [6.07, 6.45) is 2.08. The Morgan fingerprint density at radius 1 is 1.54 bits per heavy atom. The van der Waals surface area contributed by atoms with Gasteiger partial charge in [-0.2, -0.15) is 0 Å². The number of nitrogens with zero attached hydrogens (tertiary/aromatic N) is 1. The smallest absolute Gasteiger partial charge is 0.273 e. The second-order valence-electron chi connectivity index (χ2n) is 6.98. The number of aliphatic hydroxyl groups excluding tert-OH is 1. The molecular weight excluding hydrogens is 374 g/mol. The Bertz CT molecular complexity index is 917. The number of carbonyl (C=O) groups excluding carboxylic acids is 1. The molecule has 2 atom stereocenters.